The van der Waals surface area contributed by atoms with Gasteiger partial charge in [0.1, 0.15) is 0 Å². The number of hydrogen-bond donors (Lipinski definition) is 1. The summed E-state index contributed by atoms with van der Waals surface area (Å²) in [4.78, 5) is 0. The third-order valence-electron chi connectivity index (χ3n) is 0.239. The zero-order valence-electron chi connectivity index (χ0n) is 2.72. The smallest absolute Gasteiger partial charge is 0.568 e. The zero-order chi connectivity index (χ0) is 3.54. The molecular weight excluding hydrogens is 103 g/mol. The minimum atomic E-state index is 0. The lowest BCUT2D eigenvalue weighted by Gasteiger charge is -1.44. The molecule has 6 heavy (non-hydrogen) atoms. The van der Waals surface area contributed by atoms with Gasteiger partial charge in [0.25, 0.3) is 0 Å². The molecule has 4 nitrogen and oxygen atoms in total. The van der Waals surface area contributed by atoms with E-state index in [0.29, 0.717) is 0 Å². The Bertz CT molecular complexity index is 65.6. The van der Waals surface area contributed by atoms with Crippen molar-refractivity contribution in [1.29, 1.82) is 0 Å². The maximum atomic E-state index is 3.18. The first-order chi connectivity index (χ1) is 2.50. The summed E-state index contributed by atoms with van der Waals surface area (Å²) < 4.78 is 0. The van der Waals surface area contributed by atoms with Gasteiger partial charge < -0.3 is 12.4 Å². The van der Waals surface area contributed by atoms with E-state index < -0.39 is 0 Å². The van der Waals surface area contributed by atoms with Crippen molar-refractivity contribution in [3.8, 4) is 0 Å². The van der Waals surface area contributed by atoms with E-state index in [-0.39, 0.29) is 12.4 Å². The molecule has 0 atom stereocenters. The van der Waals surface area contributed by atoms with Crippen molar-refractivity contribution in [1.82, 2.24) is 5.43 Å². The molecule has 1 heterocycles. The van der Waals surface area contributed by atoms with E-state index in [1.54, 1.807) is 0 Å². The predicted octanol–water partition coefficient (Wildman–Crippen LogP) is -3.22. The minimum absolute atomic E-state index is 0. The molecule has 0 aromatic rings. The Labute approximate surface area is 40.7 Å². The van der Waals surface area contributed by atoms with Crippen LogP contribution in [0, 0.1) is 0 Å². The molecule has 0 amide bonds. The fourth-order valence-corrected chi connectivity index (χ4v) is 0.112. The average Bonchev–Trinajstić information content (AvgIpc) is 1.76. The fourth-order valence-electron chi connectivity index (χ4n) is 0.112. The molecule has 0 aliphatic carbocycles. The molecule has 0 saturated heterocycles. The molecule has 1 aliphatic heterocycles. The van der Waals surface area contributed by atoms with Crippen LogP contribution >= 0.6 is 0 Å². The van der Waals surface area contributed by atoms with Gasteiger partial charge in [-0.1, -0.05) is 0 Å². The summed E-state index contributed by atoms with van der Waals surface area (Å²) in [5, 5.41) is 9.47. The second kappa shape index (κ2) is 2.50. The van der Waals surface area contributed by atoms with Crippen LogP contribution in [0.3, 0.4) is 0 Å². The van der Waals surface area contributed by atoms with Crippen LogP contribution in [0.25, 0.3) is 0 Å². The van der Waals surface area contributed by atoms with E-state index in [1.165, 1.54) is 0 Å². The number of nitrogens with one attached hydrogen (secondary N) is 1. The molecule has 1 aliphatic rings. The average molecular weight is 104 g/mol. The number of nitrogens with zero attached hydrogens (tertiary/aromatic N) is 3. The molecule has 5 heteroatoms. The first-order valence-corrected chi connectivity index (χ1v) is 1.10. The molecule has 0 aromatic heterocycles. The van der Waals surface area contributed by atoms with Crippen molar-refractivity contribution in [2.45, 2.75) is 0 Å². The second-order valence-electron chi connectivity index (χ2n) is 0.513. The third kappa shape index (κ3) is 0.924. The van der Waals surface area contributed by atoms with Gasteiger partial charge in [0.15, 0.2) is 5.10 Å². The lowest BCUT2D eigenvalue weighted by atomic mass is 11.4. The van der Waals surface area contributed by atoms with Gasteiger partial charge in [0, 0.05) is 10.4 Å². The lowest BCUT2D eigenvalue weighted by molar-refractivity contribution is -0.00000115. The number of rotatable bonds is 0. The van der Waals surface area contributed by atoms with Crippen LogP contribution in [-0.4, -0.2) is 6.34 Å². The highest BCUT2D eigenvalue weighted by Crippen LogP contribution is 1.73. The highest BCUT2D eigenvalue weighted by atomic mass is 35.5. The molecule has 32 valence electrons. The first-order valence-electron chi connectivity index (χ1n) is 1.10. The summed E-state index contributed by atoms with van der Waals surface area (Å²) in [6, 6.07) is 0. The lowest BCUT2D eigenvalue weighted by Crippen LogP contribution is -3.00. The van der Waals surface area contributed by atoms with Gasteiger partial charge in [-0.05, 0) is 5.43 Å². The number of halogens is 1. The van der Waals surface area contributed by atoms with Gasteiger partial charge >= 0.3 is 6.34 Å². The molecular formula is CHClN4. The van der Waals surface area contributed by atoms with Gasteiger partial charge in [-0.25, -0.2) is 0 Å². The minimum Gasteiger partial charge on any atom is -1.00 e. The van der Waals surface area contributed by atoms with Crippen molar-refractivity contribution >= 4 is 6.34 Å². The molecule has 0 fully saturated rings. The van der Waals surface area contributed by atoms with E-state index >= 15 is 0 Å². The Hall–Kier alpha value is -0.730. The van der Waals surface area contributed by atoms with Crippen LogP contribution in [0.1, 0.15) is 0 Å². The van der Waals surface area contributed by atoms with Gasteiger partial charge in [-0.2, -0.15) is 0 Å². The first kappa shape index (κ1) is 5.27. The normalized spacial score (nSPS) is 12.0. The van der Waals surface area contributed by atoms with Crippen molar-refractivity contribution in [3.05, 3.63) is 0 Å². The summed E-state index contributed by atoms with van der Waals surface area (Å²) in [7, 11) is 0. The fraction of sp³-hybridized carbons (Fsp3) is 0. The number of hydrogen-bond acceptors (Lipinski definition) is 4. The monoisotopic (exact) mass is 104 g/mol. The van der Waals surface area contributed by atoms with Gasteiger partial charge in [0.05, 0.1) is 0 Å². The SMILES string of the molecule is [C+]1=NN=NN1.[Cl-]. The van der Waals surface area contributed by atoms with E-state index in [0.717, 1.165) is 0 Å². The van der Waals surface area contributed by atoms with Crippen molar-refractivity contribution in [2.24, 2.45) is 15.5 Å². The summed E-state index contributed by atoms with van der Waals surface area (Å²) in [5.74, 6) is 0. The summed E-state index contributed by atoms with van der Waals surface area (Å²) >= 11 is 0. The molecule has 1 N–H and O–H groups in total. The Balaban J connectivity index is 0.000000250. The van der Waals surface area contributed by atoms with Crippen LogP contribution < -0.4 is 17.8 Å². The molecule has 0 spiro atoms. The van der Waals surface area contributed by atoms with E-state index in [1.807, 2.05) is 0 Å². The van der Waals surface area contributed by atoms with E-state index in [9.17, 15) is 0 Å². The topological polar surface area (TPSA) is 49.1 Å². The Morgan fingerprint density at radius 1 is 1.50 bits per heavy atom. The molecule has 0 saturated carbocycles. The Kier molecular flexibility index (Phi) is 2.20. The largest absolute Gasteiger partial charge is 1.00 e. The highest BCUT2D eigenvalue weighted by molar-refractivity contribution is 5.53. The molecule has 0 bridgehead atoms. The van der Waals surface area contributed by atoms with Crippen LogP contribution in [0.15, 0.2) is 15.5 Å². The maximum absolute atomic E-state index is 3.18. The van der Waals surface area contributed by atoms with E-state index in [2.05, 4.69) is 27.3 Å². The molecule has 0 unspecified atom stereocenters. The zero-order valence-corrected chi connectivity index (χ0v) is 3.48. The second-order valence-corrected chi connectivity index (χ2v) is 0.513. The predicted molar refractivity (Wildman–Crippen MR) is 15.4 cm³/mol. The van der Waals surface area contributed by atoms with Crippen molar-refractivity contribution in [2.75, 3.05) is 0 Å². The van der Waals surface area contributed by atoms with Gasteiger partial charge in [-0.3, -0.25) is 0 Å². The van der Waals surface area contributed by atoms with Gasteiger partial charge in [0.2, 0.25) is 0 Å². The van der Waals surface area contributed by atoms with Crippen LogP contribution in [-0.2, 0) is 0 Å². The molecule has 0 aromatic carbocycles. The van der Waals surface area contributed by atoms with Crippen LogP contribution in [0.2, 0.25) is 0 Å². The maximum Gasteiger partial charge on any atom is 0.568 e. The summed E-state index contributed by atoms with van der Waals surface area (Å²) in [6.45, 7) is 0. The molecule has 0 radical (unpaired) electrons. The summed E-state index contributed by atoms with van der Waals surface area (Å²) in [6.07, 6.45) is 2.26. The van der Waals surface area contributed by atoms with Crippen molar-refractivity contribution in [3.63, 3.8) is 0 Å². The van der Waals surface area contributed by atoms with Crippen molar-refractivity contribution < 1.29 is 12.4 Å². The summed E-state index contributed by atoms with van der Waals surface area (Å²) in [5.41, 5.74) is 2.26. The highest BCUT2D eigenvalue weighted by Gasteiger charge is 1.95. The Morgan fingerprint density at radius 3 is 2.50 bits per heavy atom. The standard InChI is InChI=1S/CHN4.ClH/c1-2-4-5-3-1;/h(H,2,3,4,5);1H/q+1;/p-1. The molecule has 1 rings (SSSR count). The van der Waals surface area contributed by atoms with E-state index in [4.69, 9.17) is 0 Å². The van der Waals surface area contributed by atoms with Crippen LogP contribution in [0.5, 0.6) is 0 Å². The third-order valence-corrected chi connectivity index (χ3v) is 0.239. The Morgan fingerprint density at radius 2 is 2.33 bits per heavy atom. The van der Waals surface area contributed by atoms with Crippen LogP contribution in [0.4, 0.5) is 0 Å². The van der Waals surface area contributed by atoms with Gasteiger partial charge in [-0.15, -0.1) is 0 Å². The quantitative estimate of drug-likeness (QED) is 0.323.